The highest BCUT2D eigenvalue weighted by Crippen LogP contribution is 2.45. The van der Waals surface area contributed by atoms with E-state index in [1.165, 1.54) is 25.3 Å². The van der Waals surface area contributed by atoms with E-state index in [1.54, 1.807) is 18.3 Å². The molecule has 0 spiro atoms. The van der Waals surface area contributed by atoms with Crippen LogP contribution in [0.5, 0.6) is 11.6 Å². The summed E-state index contributed by atoms with van der Waals surface area (Å²) in [6.07, 6.45) is 1.26. The van der Waals surface area contributed by atoms with Crippen molar-refractivity contribution in [3.63, 3.8) is 0 Å². The largest absolute Gasteiger partial charge is 0.497 e. The van der Waals surface area contributed by atoms with Crippen molar-refractivity contribution in [2.45, 2.75) is 50.1 Å². The molecule has 3 aromatic rings. The van der Waals surface area contributed by atoms with E-state index < -0.39 is 36.5 Å². The number of methoxy groups -OCH3 is 1. The van der Waals surface area contributed by atoms with Crippen LogP contribution in [-0.4, -0.2) is 77.4 Å². The van der Waals surface area contributed by atoms with Gasteiger partial charge in [0, 0.05) is 43.8 Å². The molecule has 2 aliphatic rings. The maximum Gasteiger partial charge on any atom is 0.455 e. The third-order valence-electron chi connectivity index (χ3n) is 8.44. The van der Waals surface area contributed by atoms with Crippen molar-refractivity contribution in [3.05, 3.63) is 66.1 Å². The molecule has 15 heteroatoms. The van der Waals surface area contributed by atoms with Gasteiger partial charge in [0.15, 0.2) is 0 Å². The number of rotatable bonds is 13. The number of amides is 1. The van der Waals surface area contributed by atoms with E-state index in [4.69, 9.17) is 9.47 Å². The summed E-state index contributed by atoms with van der Waals surface area (Å²) in [5.41, 5.74) is 1.08. The topological polar surface area (TPSA) is 118 Å². The van der Waals surface area contributed by atoms with Crippen LogP contribution in [0.15, 0.2) is 55.0 Å². The second kappa shape index (κ2) is 14.1. The number of nitrogens with zero attached hydrogens (tertiary/aromatic N) is 5. The van der Waals surface area contributed by atoms with Gasteiger partial charge < -0.3 is 19.5 Å². The number of aliphatic carboxylic acids is 1. The molecule has 1 saturated carbocycles. The van der Waals surface area contributed by atoms with Crippen LogP contribution in [0.4, 0.5) is 33.6 Å². The molecule has 1 aliphatic heterocycles. The van der Waals surface area contributed by atoms with E-state index in [-0.39, 0.29) is 28.7 Å². The number of alkyl halides is 5. The van der Waals surface area contributed by atoms with Gasteiger partial charge in [-0.05, 0) is 73.3 Å². The van der Waals surface area contributed by atoms with Crippen molar-refractivity contribution in [2.75, 3.05) is 43.2 Å². The summed E-state index contributed by atoms with van der Waals surface area (Å²) >= 11 is 0. The zero-order chi connectivity index (χ0) is 33.8. The molecule has 10 nitrogen and oxygen atoms in total. The van der Waals surface area contributed by atoms with E-state index in [0.29, 0.717) is 55.8 Å². The lowest BCUT2D eigenvalue weighted by molar-refractivity contribution is -0.276. The fourth-order valence-corrected chi connectivity index (χ4v) is 5.70. The number of benzene rings is 1. The highest BCUT2D eigenvalue weighted by molar-refractivity contribution is 6.09. The predicted molar refractivity (Wildman–Crippen MR) is 160 cm³/mol. The fraction of sp³-hybridized carbons (Fsp3) is 0.469. The number of pyridine rings is 1. The Morgan fingerprint density at radius 1 is 1.00 bits per heavy atom. The average molecular weight is 664 g/mol. The Hall–Kier alpha value is -4.56. The molecule has 1 aliphatic carbocycles. The molecule has 47 heavy (non-hydrogen) atoms. The number of piperidine rings is 1. The number of carboxylic acids is 1. The maximum atomic E-state index is 14.3. The van der Waals surface area contributed by atoms with Gasteiger partial charge in [-0.2, -0.15) is 22.0 Å². The standard InChI is InChI=1S/C32H34F5N5O5/c1-46-23-5-6-24(29(45)42(30-39-10-2-11-40-30)19-31(33,34)32(35,36)37)26(16-23)41-13-8-20(9-14-41)18-47-27-15-22(7-12-38-27)25(17-28(43)44)21-3-4-21/h2,5-7,10-12,15-16,20-21,25H,3-4,8-9,13-14,17-19H2,1H3,(H,43,44). The summed E-state index contributed by atoms with van der Waals surface area (Å²) in [5, 5.41) is 9.34. The Morgan fingerprint density at radius 2 is 1.70 bits per heavy atom. The minimum atomic E-state index is -5.90. The first-order valence-electron chi connectivity index (χ1n) is 15.1. The van der Waals surface area contributed by atoms with Crippen LogP contribution in [0.25, 0.3) is 0 Å². The molecular formula is C32H34F5N5O5. The number of hydrogen-bond donors (Lipinski definition) is 1. The first kappa shape index (κ1) is 33.8. The Bertz CT molecular complexity index is 1550. The molecule has 1 N–H and O–H groups in total. The van der Waals surface area contributed by atoms with Crippen LogP contribution >= 0.6 is 0 Å². The fourth-order valence-electron chi connectivity index (χ4n) is 5.70. The molecule has 1 atom stereocenters. The summed E-state index contributed by atoms with van der Waals surface area (Å²) in [7, 11) is 1.41. The van der Waals surface area contributed by atoms with Crippen molar-refractivity contribution >= 4 is 23.5 Å². The van der Waals surface area contributed by atoms with Gasteiger partial charge >= 0.3 is 18.1 Å². The van der Waals surface area contributed by atoms with Crippen LogP contribution in [0.3, 0.4) is 0 Å². The van der Waals surface area contributed by atoms with Crippen LogP contribution in [0.1, 0.15) is 53.9 Å². The Kier molecular flexibility index (Phi) is 10.1. The van der Waals surface area contributed by atoms with Gasteiger partial charge in [0.05, 0.1) is 31.4 Å². The van der Waals surface area contributed by atoms with Crippen molar-refractivity contribution in [2.24, 2.45) is 11.8 Å². The van der Waals surface area contributed by atoms with E-state index in [0.717, 1.165) is 30.8 Å². The SMILES string of the molecule is COc1ccc(C(=O)N(CC(F)(F)C(F)(F)F)c2ncccn2)c(N2CCC(COc3cc(C(CC(=O)O)C4CC4)ccn3)CC2)c1. The molecule has 2 aromatic heterocycles. The van der Waals surface area contributed by atoms with E-state index in [1.807, 2.05) is 11.0 Å². The number of aromatic nitrogens is 3. The summed E-state index contributed by atoms with van der Waals surface area (Å²) < 4.78 is 79.4. The van der Waals surface area contributed by atoms with E-state index >= 15 is 0 Å². The molecule has 1 saturated heterocycles. The molecule has 1 amide bonds. The molecule has 3 heterocycles. The summed E-state index contributed by atoms with van der Waals surface area (Å²) in [4.78, 5) is 39.0. The monoisotopic (exact) mass is 663 g/mol. The normalized spacial score (nSPS) is 16.4. The zero-order valence-electron chi connectivity index (χ0n) is 25.5. The minimum absolute atomic E-state index is 0.0439. The quantitative estimate of drug-likeness (QED) is 0.220. The summed E-state index contributed by atoms with van der Waals surface area (Å²) in [6, 6.07) is 9.25. The zero-order valence-corrected chi connectivity index (χ0v) is 25.5. The van der Waals surface area contributed by atoms with E-state index in [9.17, 15) is 36.6 Å². The molecule has 252 valence electrons. The van der Waals surface area contributed by atoms with Crippen LogP contribution < -0.4 is 19.3 Å². The van der Waals surface area contributed by atoms with Crippen LogP contribution in [-0.2, 0) is 4.79 Å². The molecule has 0 radical (unpaired) electrons. The molecule has 1 unspecified atom stereocenters. The number of carboxylic acid groups (broad SMARTS) is 1. The van der Waals surface area contributed by atoms with Gasteiger partial charge in [-0.1, -0.05) is 0 Å². The predicted octanol–water partition coefficient (Wildman–Crippen LogP) is 5.99. The Balaban J connectivity index is 1.29. The lowest BCUT2D eigenvalue weighted by Crippen LogP contribution is -2.50. The second-order valence-corrected chi connectivity index (χ2v) is 11.7. The van der Waals surface area contributed by atoms with Gasteiger partial charge in [0.1, 0.15) is 12.3 Å². The first-order chi connectivity index (χ1) is 22.4. The highest BCUT2D eigenvalue weighted by Gasteiger charge is 2.59. The lowest BCUT2D eigenvalue weighted by atomic mass is 9.92. The molecule has 1 aromatic carbocycles. The number of hydrogen-bond acceptors (Lipinski definition) is 8. The summed E-state index contributed by atoms with van der Waals surface area (Å²) in [5.74, 6) is -6.68. The third kappa shape index (κ3) is 8.24. The van der Waals surface area contributed by atoms with Crippen molar-refractivity contribution in [1.82, 2.24) is 15.0 Å². The second-order valence-electron chi connectivity index (χ2n) is 11.7. The van der Waals surface area contributed by atoms with Gasteiger partial charge in [-0.15, -0.1) is 0 Å². The van der Waals surface area contributed by atoms with Crippen LogP contribution in [0.2, 0.25) is 0 Å². The number of halogens is 5. The lowest BCUT2D eigenvalue weighted by Gasteiger charge is -2.35. The number of carbonyl (C=O) groups is 2. The molecule has 0 bridgehead atoms. The number of anilines is 2. The highest BCUT2D eigenvalue weighted by atomic mass is 19.4. The van der Waals surface area contributed by atoms with Crippen molar-refractivity contribution < 1.29 is 46.1 Å². The minimum Gasteiger partial charge on any atom is -0.497 e. The Morgan fingerprint density at radius 3 is 2.32 bits per heavy atom. The first-order valence-corrected chi connectivity index (χ1v) is 15.1. The van der Waals surface area contributed by atoms with E-state index in [2.05, 4.69) is 15.0 Å². The molecule has 5 rings (SSSR count). The summed E-state index contributed by atoms with van der Waals surface area (Å²) in [6.45, 7) is -0.806. The smallest absolute Gasteiger partial charge is 0.455 e. The number of carbonyl (C=O) groups excluding carboxylic acids is 1. The Labute approximate surface area is 267 Å². The average Bonchev–Trinajstić information content (AvgIpc) is 3.90. The van der Waals surface area contributed by atoms with Gasteiger partial charge in [-0.3, -0.25) is 14.5 Å². The molecule has 2 fully saturated rings. The van der Waals surface area contributed by atoms with Crippen LogP contribution in [0, 0.1) is 11.8 Å². The van der Waals surface area contributed by atoms with Crippen molar-refractivity contribution in [1.29, 1.82) is 0 Å². The maximum absolute atomic E-state index is 14.3. The van der Waals surface area contributed by atoms with Crippen molar-refractivity contribution in [3.8, 4) is 11.6 Å². The third-order valence-corrected chi connectivity index (χ3v) is 8.44. The van der Waals surface area contributed by atoms with Gasteiger partial charge in [0.2, 0.25) is 11.8 Å². The number of ether oxygens (including phenoxy) is 2. The molecular weight excluding hydrogens is 629 g/mol. The van der Waals surface area contributed by atoms with Gasteiger partial charge in [0.25, 0.3) is 5.91 Å². The van der Waals surface area contributed by atoms with Gasteiger partial charge in [-0.25, -0.2) is 15.0 Å².